The van der Waals surface area contributed by atoms with E-state index in [2.05, 4.69) is 29.8 Å². The Balaban J connectivity index is 3.02. The van der Waals surface area contributed by atoms with Gasteiger partial charge in [0.05, 0.1) is 0 Å². The van der Waals surface area contributed by atoms with Gasteiger partial charge in [0, 0.05) is 5.33 Å². The van der Waals surface area contributed by atoms with E-state index in [-0.39, 0.29) is 0 Å². The third kappa shape index (κ3) is 12.5. The first-order chi connectivity index (χ1) is 7.81. The van der Waals surface area contributed by atoms with Gasteiger partial charge >= 0.3 is 0 Å². The summed E-state index contributed by atoms with van der Waals surface area (Å²) in [5.41, 5.74) is 0. The molecule has 0 fully saturated rings. The average Bonchev–Trinajstić information content (AvgIpc) is 2.30. The zero-order valence-electron chi connectivity index (χ0n) is 11.4. The number of unbranched alkanes of at least 4 members (excludes halogenated alkanes) is 7. The standard InChI is InChI=1S/C15H31Br/c1-3-4-5-6-7-8-9-10-12-15(2)13-11-14-16/h15H,3-14H2,1-2H3. The Morgan fingerprint density at radius 1 is 0.750 bits per heavy atom. The Bertz CT molecular complexity index is 123. The quantitative estimate of drug-likeness (QED) is 0.291. The summed E-state index contributed by atoms with van der Waals surface area (Å²) in [6.07, 6.45) is 15.8. The van der Waals surface area contributed by atoms with Crippen LogP contribution in [0.5, 0.6) is 0 Å². The molecule has 0 N–H and O–H groups in total. The molecule has 0 nitrogen and oxygen atoms in total. The van der Waals surface area contributed by atoms with Crippen LogP contribution in [-0.4, -0.2) is 5.33 Å². The van der Waals surface area contributed by atoms with Crippen LogP contribution in [0.15, 0.2) is 0 Å². The van der Waals surface area contributed by atoms with E-state index >= 15 is 0 Å². The van der Waals surface area contributed by atoms with E-state index < -0.39 is 0 Å². The second-order valence-corrected chi connectivity index (χ2v) is 5.99. The lowest BCUT2D eigenvalue weighted by molar-refractivity contribution is 0.452. The van der Waals surface area contributed by atoms with Gasteiger partial charge in [-0.1, -0.05) is 87.6 Å². The molecule has 0 rings (SSSR count). The maximum Gasteiger partial charge on any atom is 0.00314 e. The van der Waals surface area contributed by atoms with Gasteiger partial charge in [0.15, 0.2) is 0 Å². The third-order valence-corrected chi connectivity index (χ3v) is 3.94. The summed E-state index contributed by atoms with van der Waals surface area (Å²) in [5, 5.41) is 1.18. The number of rotatable bonds is 12. The molecule has 0 radical (unpaired) electrons. The first kappa shape index (κ1) is 16.5. The van der Waals surface area contributed by atoms with Crippen molar-refractivity contribution in [1.29, 1.82) is 0 Å². The average molecular weight is 291 g/mol. The molecule has 0 aliphatic heterocycles. The Labute approximate surface area is 112 Å². The summed E-state index contributed by atoms with van der Waals surface area (Å²) in [4.78, 5) is 0. The van der Waals surface area contributed by atoms with Crippen LogP contribution in [0.1, 0.15) is 84.5 Å². The number of halogens is 1. The van der Waals surface area contributed by atoms with Crippen LogP contribution >= 0.6 is 15.9 Å². The van der Waals surface area contributed by atoms with Gasteiger partial charge in [0.1, 0.15) is 0 Å². The third-order valence-electron chi connectivity index (χ3n) is 3.38. The van der Waals surface area contributed by atoms with Crippen LogP contribution in [0, 0.1) is 5.92 Å². The minimum absolute atomic E-state index is 0.942. The smallest absolute Gasteiger partial charge is 0.00314 e. The molecule has 0 aliphatic rings. The molecule has 0 spiro atoms. The lowest BCUT2D eigenvalue weighted by Gasteiger charge is -2.09. The summed E-state index contributed by atoms with van der Waals surface area (Å²) in [5.74, 6) is 0.942. The molecule has 0 heterocycles. The maximum absolute atomic E-state index is 3.50. The normalized spacial score (nSPS) is 12.9. The first-order valence-corrected chi connectivity index (χ1v) is 8.49. The molecule has 98 valence electrons. The molecule has 1 atom stereocenters. The fourth-order valence-electron chi connectivity index (χ4n) is 2.20. The molecule has 1 heteroatoms. The van der Waals surface area contributed by atoms with E-state index in [0.29, 0.717) is 0 Å². The van der Waals surface area contributed by atoms with E-state index in [4.69, 9.17) is 0 Å². The molecular weight excluding hydrogens is 260 g/mol. The van der Waals surface area contributed by atoms with Gasteiger partial charge < -0.3 is 0 Å². The van der Waals surface area contributed by atoms with Crippen LogP contribution in [-0.2, 0) is 0 Å². The van der Waals surface area contributed by atoms with Crippen molar-refractivity contribution in [2.45, 2.75) is 84.5 Å². The highest BCUT2D eigenvalue weighted by Gasteiger charge is 2.00. The van der Waals surface area contributed by atoms with E-state index in [9.17, 15) is 0 Å². The summed E-state index contributed by atoms with van der Waals surface area (Å²) < 4.78 is 0. The zero-order chi connectivity index (χ0) is 12.1. The first-order valence-electron chi connectivity index (χ1n) is 7.37. The van der Waals surface area contributed by atoms with Gasteiger partial charge in [0.25, 0.3) is 0 Å². The van der Waals surface area contributed by atoms with Crippen molar-refractivity contribution in [1.82, 2.24) is 0 Å². The Kier molecular flexibility index (Phi) is 14.0. The topological polar surface area (TPSA) is 0 Å². The molecule has 0 aliphatic carbocycles. The SMILES string of the molecule is CCCCCCCCCCC(C)CCCBr. The summed E-state index contributed by atoms with van der Waals surface area (Å²) in [7, 11) is 0. The number of hydrogen-bond acceptors (Lipinski definition) is 0. The highest BCUT2D eigenvalue weighted by molar-refractivity contribution is 9.09. The van der Waals surface area contributed by atoms with Crippen molar-refractivity contribution < 1.29 is 0 Å². The summed E-state index contributed by atoms with van der Waals surface area (Å²) in [6.45, 7) is 4.69. The highest BCUT2D eigenvalue weighted by Crippen LogP contribution is 2.16. The molecule has 0 aromatic rings. The van der Waals surface area contributed by atoms with Crippen LogP contribution in [0.3, 0.4) is 0 Å². The van der Waals surface area contributed by atoms with Crippen LogP contribution in [0.25, 0.3) is 0 Å². The van der Waals surface area contributed by atoms with Gasteiger partial charge in [-0.3, -0.25) is 0 Å². The molecule has 0 saturated heterocycles. The fourth-order valence-corrected chi connectivity index (χ4v) is 2.52. The lowest BCUT2D eigenvalue weighted by atomic mass is 9.98. The highest BCUT2D eigenvalue weighted by atomic mass is 79.9. The van der Waals surface area contributed by atoms with Gasteiger partial charge in [-0.05, 0) is 18.8 Å². The Morgan fingerprint density at radius 2 is 1.25 bits per heavy atom. The molecule has 1 unspecified atom stereocenters. The molecule has 0 aromatic carbocycles. The molecular formula is C15H31Br. The molecule has 0 aromatic heterocycles. The van der Waals surface area contributed by atoms with Crippen molar-refractivity contribution in [2.75, 3.05) is 5.33 Å². The molecule has 0 bridgehead atoms. The van der Waals surface area contributed by atoms with E-state index in [1.807, 2.05) is 0 Å². The monoisotopic (exact) mass is 290 g/mol. The van der Waals surface area contributed by atoms with Crippen molar-refractivity contribution in [3.05, 3.63) is 0 Å². The second-order valence-electron chi connectivity index (χ2n) is 5.20. The number of hydrogen-bond donors (Lipinski definition) is 0. The van der Waals surface area contributed by atoms with Gasteiger partial charge in [0.2, 0.25) is 0 Å². The minimum Gasteiger partial charge on any atom is -0.0928 e. The van der Waals surface area contributed by atoms with Crippen molar-refractivity contribution in [2.24, 2.45) is 5.92 Å². The van der Waals surface area contributed by atoms with E-state index in [0.717, 1.165) is 5.92 Å². The van der Waals surface area contributed by atoms with Crippen molar-refractivity contribution >= 4 is 15.9 Å². The van der Waals surface area contributed by atoms with Crippen molar-refractivity contribution in [3.63, 3.8) is 0 Å². The molecule has 16 heavy (non-hydrogen) atoms. The second kappa shape index (κ2) is 13.5. The number of alkyl halides is 1. The predicted molar refractivity (Wildman–Crippen MR) is 79.4 cm³/mol. The fraction of sp³-hybridized carbons (Fsp3) is 1.00. The largest absolute Gasteiger partial charge is 0.0928 e. The van der Waals surface area contributed by atoms with Crippen molar-refractivity contribution in [3.8, 4) is 0 Å². The molecule has 0 saturated carbocycles. The summed E-state index contributed by atoms with van der Waals surface area (Å²) in [6, 6.07) is 0. The predicted octanol–water partition coefficient (Wildman–Crippen LogP) is 6.33. The summed E-state index contributed by atoms with van der Waals surface area (Å²) >= 11 is 3.50. The Morgan fingerprint density at radius 3 is 1.81 bits per heavy atom. The zero-order valence-corrected chi connectivity index (χ0v) is 13.0. The van der Waals surface area contributed by atoms with E-state index in [1.54, 1.807) is 0 Å². The van der Waals surface area contributed by atoms with Crippen LogP contribution < -0.4 is 0 Å². The molecule has 0 amide bonds. The lowest BCUT2D eigenvalue weighted by Crippen LogP contribution is -1.95. The van der Waals surface area contributed by atoms with Crippen LogP contribution in [0.2, 0.25) is 0 Å². The van der Waals surface area contributed by atoms with E-state index in [1.165, 1.54) is 76.0 Å². The van der Waals surface area contributed by atoms with Gasteiger partial charge in [-0.2, -0.15) is 0 Å². The Hall–Kier alpha value is 0.480. The van der Waals surface area contributed by atoms with Gasteiger partial charge in [-0.15, -0.1) is 0 Å². The van der Waals surface area contributed by atoms with Gasteiger partial charge in [-0.25, -0.2) is 0 Å². The maximum atomic E-state index is 3.50. The minimum atomic E-state index is 0.942. The van der Waals surface area contributed by atoms with Crippen LogP contribution in [0.4, 0.5) is 0 Å².